The van der Waals surface area contributed by atoms with Gasteiger partial charge in [-0.3, -0.25) is 19.3 Å². The van der Waals surface area contributed by atoms with E-state index < -0.39 is 17.1 Å². The van der Waals surface area contributed by atoms with Gasteiger partial charge in [0, 0.05) is 9.26 Å². The molecule has 0 saturated carbocycles. The van der Waals surface area contributed by atoms with Crippen molar-refractivity contribution in [2.75, 3.05) is 18.5 Å². The number of imide groups is 1. The number of hydrogen-bond acceptors (Lipinski definition) is 5. The number of carbonyl (C=O) groups excluding carboxylic acids is 3. The molecule has 6 nitrogen and oxygen atoms in total. The molecular formula is C21H17IN2O4S. The monoisotopic (exact) mass is 520 g/mol. The zero-order valence-electron chi connectivity index (χ0n) is 15.3. The van der Waals surface area contributed by atoms with Crippen LogP contribution in [0.5, 0.6) is 5.75 Å². The minimum absolute atomic E-state index is 0.275. The number of carbonyl (C=O) groups is 3. The fraction of sp³-hybridized carbons (Fsp3) is 0.0952. The highest BCUT2D eigenvalue weighted by atomic mass is 127. The molecule has 2 aromatic carbocycles. The number of rotatable bonds is 7. The van der Waals surface area contributed by atoms with Crippen LogP contribution in [0.15, 0.2) is 66.1 Å². The Morgan fingerprint density at radius 1 is 1.14 bits per heavy atom. The van der Waals surface area contributed by atoms with Crippen LogP contribution in [0.1, 0.15) is 5.56 Å². The van der Waals surface area contributed by atoms with Gasteiger partial charge in [0.2, 0.25) is 5.91 Å². The van der Waals surface area contributed by atoms with Crippen LogP contribution in [0.2, 0.25) is 0 Å². The van der Waals surface area contributed by atoms with Gasteiger partial charge >= 0.3 is 0 Å². The lowest BCUT2D eigenvalue weighted by Crippen LogP contribution is -2.36. The fourth-order valence-electron chi connectivity index (χ4n) is 2.48. The number of amides is 3. The summed E-state index contributed by atoms with van der Waals surface area (Å²) in [5.41, 5.74) is 1.36. The number of nitrogens with one attached hydrogen (secondary N) is 1. The molecule has 148 valence electrons. The van der Waals surface area contributed by atoms with Crippen molar-refractivity contribution in [2.24, 2.45) is 0 Å². The third-order valence-electron chi connectivity index (χ3n) is 3.85. The zero-order valence-corrected chi connectivity index (χ0v) is 18.2. The van der Waals surface area contributed by atoms with E-state index in [0.717, 1.165) is 25.8 Å². The summed E-state index contributed by atoms with van der Waals surface area (Å²) in [6.07, 6.45) is 3.28. The van der Waals surface area contributed by atoms with E-state index in [1.54, 1.807) is 48.6 Å². The van der Waals surface area contributed by atoms with Gasteiger partial charge in [-0.15, -0.1) is 0 Å². The summed E-state index contributed by atoms with van der Waals surface area (Å²) >= 11 is 2.98. The number of halogens is 1. The second-order valence-corrected chi connectivity index (χ2v) is 8.23. The highest BCUT2D eigenvalue weighted by Gasteiger charge is 2.36. The zero-order chi connectivity index (χ0) is 20.8. The lowest BCUT2D eigenvalue weighted by atomic mass is 10.2. The van der Waals surface area contributed by atoms with Crippen LogP contribution < -0.4 is 10.1 Å². The fourth-order valence-corrected chi connectivity index (χ4v) is 3.68. The van der Waals surface area contributed by atoms with E-state index >= 15 is 0 Å². The van der Waals surface area contributed by atoms with Crippen molar-refractivity contribution in [1.29, 1.82) is 0 Å². The number of thioether (sulfide) groups is 1. The third-order valence-corrected chi connectivity index (χ3v) is 5.48. The summed E-state index contributed by atoms with van der Waals surface area (Å²) in [5, 5.41) is 2.22. The molecule has 1 aliphatic rings. The van der Waals surface area contributed by atoms with E-state index in [1.165, 1.54) is 0 Å². The van der Waals surface area contributed by atoms with Crippen LogP contribution in [0.4, 0.5) is 10.5 Å². The first-order chi connectivity index (χ1) is 14.0. The summed E-state index contributed by atoms with van der Waals surface area (Å²) in [5.74, 6) is -0.231. The van der Waals surface area contributed by atoms with Crippen LogP contribution in [-0.4, -0.2) is 35.1 Å². The molecule has 8 heteroatoms. The van der Waals surface area contributed by atoms with Gasteiger partial charge in [0.25, 0.3) is 11.1 Å². The summed E-state index contributed by atoms with van der Waals surface area (Å²) in [7, 11) is 0. The average molecular weight is 520 g/mol. The topological polar surface area (TPSA) is 75.7 Å². The molecule has 0 aromatic heterocycles. The highest BCUT2D eigenvalue weighted by Crippen LogP contribution is 2.32. The first-order valence-corrected chi connectivity index (χ1v) is 10.5. The maximum Gasteiger partial charge on any atom is 0.294 e. The lowest BCUT2D eigenvalue weighted by molar-refractivity contribution is -0.127. The maximum atomic E-state index is 12.6. The van der Waals surface area contributed by atoms with Crippen molar-refractivity contribution in [2.45, 2.75) is 0 Å². The van der Waals surface area contributed by atoms with E-state index in [9.17, 15) is 14.4 Å². The van der Waals surface area contributed by atoms with Gasteiger partial charge in [-0.2, -0.15) is 0 Å². The molecule has 1 N–H and O–H groups in total. The first-order valence-electron chi connectivity index (χ1n) is 8.61. The number of anilines is 1. The smallest absolute Gasteiger partial charge is 0.294 e. The molecule has 0 aliphatic carbocycles. The molecule has 3 amide bonds. The second-order valence-electron chi connectivity index (χ2n) is 5.99. The Labute approximate surface area is 186 Å². The van der Waals surface area contributed by atoms with Crippen molar-refractivity contribution in [3.8, 4) is 5.75 Å². The predicted molar refractivity (Wildman–Crippen MR) is 123 cm³/mol. The van der Waals surface area contributed by atoms with E-state index in [0.29, 0.717) is 18.0 Å². The van der Waals surface area contributed by atoms with Crippen LogP contribution in [-0.2, 0) is 9.59 Å². The van der Waals surface area contributed by atoms with Crippen molar-refractivity contribution in [1.82, 2.24) is 4.90 Å². The molecule has 1 saturated heterocycles. The Morgan fingerprint density at radius 2 is 1.83 bits per heavy atom. The minimum Gasteiger partial charge on any atom is -0.490 e. The standard InChI is InChI=1S/C21H17IN2O4S/c1-2-11-28-17-9-3-14(4-10-17)12-18-20(26)24(21(27)29-18)13-19(25)23-16-7-5-15(22)6-8-16/h2-10,12H,1,11,13H2,(H,23,25)/b18-12+. The number of nitrogens with zero attached hydrogens (tertiary/aromatic N) is 1. The summed E-state index contributed by atoms with van der Waals surface area (Å²) < 4.78 is 6.46. The van der Waals surface area contributed by atoms with Gasteiger partial charge in [-0.05, 0) is 82.4 Å². The Morgan fingerprint density at radius 3 is 2.48 bits per heavy atom. The van der Waals surface area contributed by atoms with Crippen molar-refractivity contribution in [3.05, 3.63) is 75.2 Å². The van der Waals surface area contributed by atoms with Crippen molar-refractivity contribution < 1.29 is 19.1 Å². The molecule has 0 bridgehead atoms. The average Bonchev–Trinajstić information content (AvgIpc) is 2.96. The predicted octanol–water partition coefficient (Wildman–Crippen LogP) is 4.53. The largest absolute Gasteiger partial charge is 0.490 e. The van der Waals surface area contributed by atoms with Gasteiger partial charge in [0.15, 0.2) is 0 Å². The molecule has 0 atom stereocenters. The van der Waals surface area contributed by atoms with E-state index in [1.807, 2.05) is 12.1 Å². The number of benzene rings is 2. The molecule has 29 heavy (non-hydrogen) atoms. The Bertz CT molecular complexity index is 971. The number of hydrogen-bond donors (Lipinski definition) is 1. The molecule has 1 heterocycles. The second kappa shape index (κ2) is 9.75. The normalized spacial score (nSPS) is 14.9. The molecule has 1 aliphatic heterocycles. The molecule has 3 rings (SSSR count). The van der Waals surface area contributed by atoms with Gasteiger partial charge in [0.1, 0.15) is 18.9 Å². The lowest BCUT2D eigenvalue weighted by Gasteiger charge is -2.12. The van der Waals surface area contributed by atoms with Crippen LogP contribution in [0.3, 0.4) is 0 Å². The molecule has 2 aromatic rings. The SMILES string of the molecule is C=CCOc1ccc(/C=C2/SC(=O)N(CC(=O)Nc3ccc(I)cc3)C2=O)cc1. The van der Waals surface area contributed by atoms with Crippen LogP contribution in [0.25, 0.3) is 6.08 Å². The minimum atomic E-state index is -0.482. The Kier molecular flexibility index (Phi) is 7.10. The highest BCUT2D eigenvalue weighted by molar-refractivity contribution is 14.1. The van der Waals surface area contributed by atoms with E-state index in [2.05, 4.69) is 34.5 Å². The van der Waals surface area contributed by atoms with Gasteiger partial charge in [-0.25, -0.2) is 0 Å². The summed E-state index contributed by atoms with van der Waals surface area (Å²) in [6, 6.07) is 14.3. The molecule has 0 radical (unpaired) electrons. The maximum absolute atomic E-state index is 12.6. The van der Waals surface area contributed by atoms with Gasteiger partial charge in [-0.1, -0.05) is 24.8 Å². The van der Waals surface area contributed by atoms with Crippen LogP contribution >= 0.6 is 34.4 Å². The Balaban J connectivity index is 1.64. The Hall–Kier alpha value is -2.59. The molecule has 1 fully saturated rings. The quantitative estimate of drug-likeness (QED) is 0.330. The third kappa shape index (κ3) is 5.70. The van der Waals surface area contributed by atoms with Gasteiger partial charge < -0.3 is 10.1 Å². The molecular weight excluding hydrogens is 503 g/mol. The van der Waals surface area contributed by atoms with Crippen molar-refractivity contribution >= 4 is 63.2 Å². The van der Waals surface area contributed by atoms with Crippen LogP contribution in [0, 0.1) is 3.57 Å². The number of ether oxygens (including phenoxy) is 1. The van der Waals surface area contributed by atoms with Gasteiger partial charge in [0.05, 0.1) is 4.91 Å². The first kappa shape index (κ1) is 21.1. The summed E-state index contributed by atoms with van der Waals surface area (Å²) in [6.45, 7) is 3.67. The van der Waals surface area contributed by atoms with Crippen molar-refractivity contribution in [3.63, 3.8) is 0 Å². The molecule has 0 unspecified atom stereocenters. The molecule has 0 spiro atoms. The van der Waals surface area contributed by atoms with E-state index in [-0.39, 0.29) is 11.4 Å². The summed E-state index contributed by atoms with van der Waals surface area (Å²) in [4.78, 5) is 38.2. The van der Waals surface area contributed by atoms with E-state index in [4.69, 9.17) is 4.74 Å².